The molecule has 0 aliphatic rings. The van der Waals surface area contributed by atoms with Crippen molar-refractivity contribution in [2.45, 2.75) is 57.7 Å². The molecule has 2 aromatic carbocycles. The molecule has 0 spiro atoms. The van der Waals surface area contributed by atoms with Crippen LogP contribution in [0.1, 0.15) is 37.3 Å². The van der Waals surface area contributed by atoms with Crippen molar-refractivity contribution in [1.82, 2.24) is 0 Å². The van der Waals surface area contributed by atoms with E-state index in [1.54, 1.807) is 26.4 Å². The van der Waals surface area contributed by atoms with Gasteiger partial charge in [-0.3, -0.25) is 4.79 Å². The minimum Gasteiger partial charge on any atom is -0.497 e. The molecule has 0 heterocycles. The standard InChI is InChI=1S/C28H36O6/c1-6-24(32-19-22-9-14-26(30-4)15-10-22)13-8-21(3)34-28(29)18-25(7-2)33-20-23-11-16-27(31-5)17-12-23/h6-7,9-12,14-17,21,24-25H,1-2,8,13,18-20H2,3-5H3/t21-,24+,25-/m1/s1. The Morgan fingerprint density at radius 3 is 1.71 bits per heavy atom. The second-order valence-corrected chi connectivity index (χ2v) is 7.95. The molecular formula is C28H36O6. The largest absolute Gasteiger partial charge is 0.497 e. The van der Waals surface area contributed by atoms with Crippen LogP contribution in [0.3, 0.4) is 0 Å². The zero-order valence-corrected chi connectivity index (χ0v) is 20.4. The molecule has 0 radical (unpaired) electrons. The minimum atomic E-state index is -0.421. The number of methoxy groups -OCH3 is 2. The summed E-state index contributed by atoms with van der Waals surface area (Å²) in [4.78, 5) is 12.4. The normalized spacial score (nSPS) is 13.4. The SMILES string of the molecule is C=C[C@H](CC(=O)O[C@H](C)CC[C@H](C=C)OCc1ccc(OC)cc1)OCc1ccc(OC)cc1. The molecule has 0 unspecified atom stereocenters. The number of ether oxygens (including phenoxy) is 5. The van der Waals surface area contributed by atoms with Crippen molar-refractivity contribution in [3.8, 4) is 11.5 Å². The summed E-state index contributed by atoms with van der Waals surface area (Å²) in [7, 11) is 3.26. The van der Waals surface area contributed by atoms with Crippen molar-refractivity contribution in [2.75, 3.05) is 14.2 Å². The Morgan fingerprint density at radius 1 is 0.794 bits per heavy atom. The van der Waals surface area contributed by atoms with Crippen molar-refractivity contribution in [3.05, 3.63) is 85.0 Å². The molecule has 0 amide bonds. The second-order valence-electron chi connectivity index (χ2n) is 7.95. The van der Waals surface area contributed by atoms with Crippen LogP contribution in [0, 0.1) is 0 Å². The van der Waals surface area contributed by atoms with Gasteiger partial charge in [0.15, 0.2) is 0 Å². The summed E-state index contributed by atoms with van der Waals surface area (Å²) in [6.07, 6.45) is 4.08. The number of carbonyl (C=O) groups is 1. The van der Waals surface area contributed by atoms with Gasteiger partial charge < -0.3 is 23.7 Å². The smallest absolute Gasteiger partial charge is 0.309 e. The van der Waals surface area contributed by atoms with Gasteiger partial charge in [0.25, 0.3) is 0 Å². The lowest BCUT2D eigenvalue weighted by atomic mass is 10.1. The maximum Gasteiger partial charge on any atom is 0.309 e. The summed E-state index contributed by atoms with van der Waals surface area (Å²) >= 11 is 0. The zero-order chi connectivity index (χ0) is 24.8. The molecule has 34 heavy (non-hydrogen) atoms. The fourth-order valence-electron chi connectivity index (χ4n) is 3.22. The minimum absolute atomic E-state index is 0.114. The maximum atomic E-state index is 12.4. The average Bonchev–Trinajstić information content (AvgIpc) is 2.87. The number of carbonyl (C=O) groups excluding carboxylic acids is 1. The number of rotatable bonds is 16. The Kier molecular flexibility index (Phi) is 11.9. The molecule has 0 saturated carbocycles. The van der Waals surface area contributed by atoms with E-state index in [-0.39, 0.29) is 24.6 Å². The lowest BCUT2D eigenvalue weighted by Gasteiger charge is -2.19. The topological polar surface area (TPSA) is 63.2 Å². The number of esters is 1. The predicted octanol–water partition coefficient (Wildman–Crippen LogP) is 5.65. The third-order valence-electron chi connectivity index (χ3n) is 5.33. The van der Waals surface area contributed by atoms with Crippen LogP contribution in [0.4, 0.5) is 0 Å². The molecule has 0 fully saturated rings. The molecule has 0 bridgehead atoms. The average molecular weight is 469 g/mol. The van der Waals surface area contributed by atoms with Gasteiger partial charge >= 0.3 is 5.97 Å². The Labute approximate surface area is 203 Å². The third-order valence-corrected chi connectivity index (χ3v) is 5.33. The lowest BCUT2D eigenvalue weighted by Crippen LogP contribution is -2.22. The molecule has 6 nitrogen and oxygen atoms in total. The van der Waals surface area contributed by atoms with Gasteiger partial charge in [0.2, 0.25) is 0 Å². The molecule has 0 aromatic heterocycles. The summed E-state index contributed by atoms with van der Waals surface area (Å²) in [5.74, 6) is 1.28. The van der Waals surface area contributed by atoms with E-state index in [9.17, 15) is 4.79 Å². The molecule has 2 aromatic rings. The summed E-state index contributed by atoms with van der Waals surface area (Å²) in [5.41, 5.74) is 2.04. The summed E-state index contributed by atoms with van der Waals surface area (Å²) < 4.78 is 27.6. The number of benzene rings is 2. The molecule has 2 rings (SSSR count). The Bertz CT molecular complexity index is 875. The van der Waals surface area contributed by atoms with Crippen LogP contribution in [0.25, 0.3) is 0 Å². The Balaban J connectivity index is 1.69. The maximum absolute atomic E-state index is 12.4. The van der Waals surface area contributed by atoms with Gasteiger partial charge in [0.1, 0.15) is 11.5 Å². The fourth-order valence-corrected chi connectivity index (χ4v) is 3.22. The van der Waals surface area contributed by atoms with Crippen LogP contribution >= 0.6 is 0 Å². The van der Waals surface area contributed by atoms with E-state index >= 15 is 0 Å². The molecule has 0 aliphatic carbocycles. The predicted molar refractivity (Wildman–Crippen MR) is 133 cm³/mol. The molecule has 6 heteroatoms. The molecule has 184 valence electrons. The van der Waals surface area contributed by atoms with Crippen LogP contribution in [0.15, 0.2) is 73.8 Å². The first kappa shape index (κ1) is 27.2. The quantitative estimate of drug-likeness (QED) is 0.234. The van der Waals surface area contributed by atoms with Crippen LogP contribution in [0.5, 0.6) is 11.5 Å². The first-order valence-electron chi connectivity index (χ1n) is 11.4. The third kappa shape index (κ3) is 9.81. The highest BCUT2D eigenvalue weighted by molar-refractivity contribution is 5.70. The van der Waals surface area contributed by atoms with Gasteiger partial charge in [0.05, 0.1) is 52.2 Å². The van der Waals surface area contributed by atoms with E-state index in [1.165, 1.54) is 0 Å². The van der Waals surface area contributed by atoms with Crippen LogP contribution in [-0.2, 0) is 32.2 Å². The van der Waals surface area contributed by atoms with E-state index in [0.29, 0.717) is 26.1 Å². The van der Waals surface area contributed by atoms with E-state index < -0.39 is 6.10 Å². The highest BCUT2D eigenvalue weighted by atomic mass is 16.5. The lowest BCUT2D eigenvalue weighted by molar-refractivity contribution is -0.151. The Hall–Kier alpha value is -3.09. The van der Waals surface area contributed by atoms with E-state index in [1.807, 2.05) is 55.5 Å². The van der Waals surface area contributed by atoms with Crippen molar-refractivity contribution >= 4 is 5.97 Å². The number of hydrogen-bond donors (Lipinski definition) is 0. The van der Waals surface area contributed by atoms with Gasteiger partial charge in [0, 0.05) is 0 Å². The van der Waals surface area contributed by atoms with Crippen molar-refractivity contribution in [1.29, 1.82) is 0 Å². The zero-order valence-electron chi connectivity index (χ0n) is 20.4. The summed E-state index contributed by atoms with van der Waals surface area (Å²) in [5, 5.41) is 0. The van der Waals surface area contributed by atoms with Crippen molar-refractivity contribution < 1.29 is 28.5 Å². The van der Waals surface area contributed by atoms with Crippen LogP contribution in [0.2, 0.25) is 0 Å². The highest BCUT2D eigenvalue weighted by Gasteiger charge is 2.17. The molecular weight excluding hydrogens is 432 g/mol. The first-order valence-corrected chi connectivity index (χ1v) is 11.4. The first-order chi connectivity index (χ1) is 16.5. The highest BCUT2D eigenvalue weighted by Crippen LogP contribution is 2.17. The van der Waals surface area contributed by atoms with Crippen LogP contribution in [-0.4, -0.2) is 38.5 Å². The molecule has 0 N–H and O–H groups in total. The van der Waals surface area contributed by atoms with Gasteiger partial charge in [-0.15, -0.1) is 13.2 Å². The summed E-state index contributed by atoms with van der Waals surface area (Å²) in [6, 6.07) is 15.3. The van der Waals surface area contributed by atoms with Gasteiger partial charge in [-0.25, -0.2) is 0 Å². The van der Waals surface area contributed by atoms with Gasteiger partial charge in [-0.2, -0.15) is 0 Å². The van der Waals surface area contributed by atoms with Crippen LogP contribution < -0.4 is 9.47 Å². The monoisotopic (exact) mass is 468 g/mol. The fraction of sp³-hybridized carbons (Fsp3) is 0.393. The number of hydrogen-bond acceptors (Lipinski definition) is 6. The second kappa shape index (κ2) is 14.9. The molecule has 0 saturated heterocycles. The molecule has 3 atom stereocenters. The van der Waals surface area contributed by atoms with E-state index in [4.69, 9.17) is 23.7 Å². The van der Waals surface area contributed by atoms with Gasteiger partial charge in [-0.1, -0.05) is 36.4 Å². The van der Waals surface area contributed by atoms with Crippen molar-refractivity contribution in [3.63, 3.8) is 0 Å². The van der Waals surface area contributed by atoms with Gasteiger partial charge in [-0.05, 0) is 55.2 Å². The van der Waals surface area contributed by atoms with E-state index in [2.05, 4.69) is 13.2 Å². The Morgan fingerprint density at radius 2 is 1.26 bits per heavy atom. The van der Waals surface area contributed by atoms with E-state index in [0.717, 1.165) is 22.6 Å². The van der Waals surface area contributed by atoms with Crippen molar-refractivity contribution in [2.24, 2.45) is 0 Å². The molecule has 0 aliphatic heterocycles. The summed E-state index contributed by atoms with van der Waals surface area (Å²) in [6.45, 7) is 10.4.